The Bertz CT molecular complexity index is 1020. The molecule has 1 aliphatic heterocycles. The molecule has 0 fully saturated rings. The van der Waals surface area contributed by atoms with Crippen molar-refractivity contribution in [3.8, 4) is 11.1 Å². The van der Waals surface area contributed by atoms with E-state index >= 15 is 0 Å². The zero-order valence-corrected chi connectivity index (χ0v) is 14.7. The summed E-state index contributed by atoms with van der Waals surface area (Å²) >= 11 is 6.22. The van der Waals surface area contributed by atoms with Crippen LogP contribution in [0.3, 0.4) is 0 Å². The highest BCUT2D eigenvalue weighted by Crippen LogP contribution is 2.38. The molecule has 1 aromatic heterocycles. The van der Waals surface area contributed by atoms with Gasteiger partial charge in [0.15, 0.2) is 0 Å². The molecule has 4 rings (SSSR count). The van der Waals surface area contributed by atoms with Gasteiger partial charge in [-0.1, -0.05) is 41.9 Å². The summed E-state index contributed by atoms with van der Waals surface area (Å²) in [5.74, 6) is -0.121. The van der Waals surface area contributed by atoms with E-state index in [4.69, 9.17) is 16.6 Å². The van der Waals surface area contributed by atoms with E-state index in [-0.39, 0.29) is 5.91 Å². The van der Waals surface area contributed by atoms with Crippen molar-refractivity contribution in [1.29, 1.82) is 0 Å². The molecule has 0 saturated carbocycles. The number of benzene rings is 2. The SMILES string of the molecule is CC(C)=NN1Cc2nc3ccc(Cl)cc3c(-c3ccccc3)c2C1=O. The van der Waals surface area contributed by atoms with E-state index in [9.17, 15) is 4.79 Å². The average molecular weight is 350 g/mol. The first-order valence-corrected chi connectivity index (χ1v) is 8.43. The van der Waals surface area contributed by atoms with Gasteiger partial charge in [0.25, 0.3) is 5.91 Å². The van der Waals surface area contributed by atoms with Gasteiger partial charge >= 0.3 is 0 Å². The van der Waals surface area contributed by atoms with E-state index in [1.807, 2.05) is 62.4 Å². The van der Waals surface area contributed by atoms with Crippen LogP contribution in [0.15, 0.2) is 53.6 Å². The summed E-state index contributed by atoms with van der Waals surface area (Å²) in [5.41, 5.74) is 4.87. The Labute approximate surface area is 150 Å². The van der Waals surface area contributed by atoms with Gasteiger partial charge in [-0.25, -0.2) is 9.99 Å². The minimum atomic E-state index is -0.121. The minimum absolute atomic E-state index is 0.121. The Balaban J connectivity index is 2.05. The zero-order valence-electron chi connectivity index (χ0n) is 14.0. The first-order valence-electron chi connectivity index (χ1n) is 8.06. The summed E-state index contributed by atoms with van der Waals surface area (Å²) in [6.45, 7) is 4.13. The van der Waals surface area contributed by atoms with Crippen molar-refractivity contribution in [2.75, 3.05) is 0 Å². The molecule has 4 nitrogen and oxygen atoms in total. The fraction of sp³-hybridized carbons (Fsp3) is 0.150. The van der Waals surface area contributed by atoms with E-state index in [2.05, 4.69) is 5.10 Å². The lowest BCUT2D eigenvalue weighted by Gasteiger charge is -2.12. The van der Waals surface area contributed by atoms with Crippen molar-refractivity contribution < 1.29 is 4.79 Å². The van der Waals surface area contributed by atoms with Crippen LogP contribution in [0.1, 0.15) is 29.9 Å². The zero-order chi connectivity index (χ0) is 17.6. The fourth-order valence-electron chi connectivity index (χ4n) is 3.20. The number of nitrogens with zero attached hydrogens (tertiary/aromatic N) is 3. The number of hydrogen-bond acceptors (Lipinski definition) is 3. The van der Waals surface area contributed by atoms with Crippen LogP contribution in [0.4, 0.5) is 0 Å². The van der Waals surface area contributed by atoms with Gasteiger partial charge in [-0.2, -0.15) is 5.10 Å². The highest BCUT2D eigenvalue weighted by Gasteiger charge is 2.33. The lowest BCUT2D eigenvalue weighted by Crippen LogP contribution is -2.18. The maximum Gasteiger partial charge on any atom is 0.276 e. The normalized spacial score (nSPS) is 13.2. The van der Waals surface area contributed by atoms with Crippen LogP contribution < -0.4 is 0 Å². The highest BCUT2D eigenvalue weighted by molar-refractivity contribution is 6.31. The van der Waals surface area contributed by atoms with Crippen LogP contribution in [-0.4, -0.2) is 21.6 Å². The standard InChI is InChI=1S/C20H16ClN3O/c1-12(2)23-24-11-17-19(20(24)25)18(13-6-4-3-5-7-13)15-10-14(21)8-9-16(15)22-17/h3-10H,11H2,1-2H3. The lowest BCUT2D eigenvalue weighted by molar-refractivity contribution is 0.0783. The van der Waals surface area contributed by atoms with Gasteiger partial charge in [0.05, 0.1) is 23.3 Å². The van der Waals surface area contributed by atoms with Gasteiger partial charge in [-0.3, -0.25) is 4.79 Å². The number of carbonyl (C=O) groups excluding carboxylic acids is 1. The van der Waals surface area contributed by atoms with Crippen molar-refractivity contribution >= 4 is 34.1 Å². The predicted octanol–water partition coefficient (Wildman–Crippen LogP) is 4.91. The first kappa shape index (κ1) is 15.8. The summed E-state index contributed by atoms with van der Waals surface area (Å²) in [6, 6.07) is 15.5. The fourth-order valence-corrected chi connectivity index (χ4v) is 3.37. The van der Waals surface area contributed by atoms with Crippen LogP contribution in [-0.2, 0) is 6.54 Å². The Kier molecular flexibility index (Phi) is 3.77. The predicted molar refractivity (Wildman–Crippen MR) is 101 cm³/mol. The third-order valence-corrected chi connectivity index (χ3v) is 4.39. The summed E-state index contributed by atoms with van der Waals surface area (Å²) < 4.78 is 0. The summed E-state index contributed by atoms with van der Waals surface area (Å²) in [4.78, 5) is 17.7. The van der Waals surface area contributed by atoms with Crippen molar-refractivity contribution in [2.24, 2.45) is 5.10 Å². The summed E-state index contributed by atoms with van der Waals surface area (Å²) in [7, 11) is 0. The van der Waals surface area contributed by atoms with E-state index in [1.165, 1.54) is 5.01 Å². The van der Waals surface area contributed by atoms with Crippen molar-refractivity contribution in [3.05, 3.63) is 64.8 Å². The second-order valence-electron chi connectivity index (χ2n) is 6.25. The third-order valence-electron chi connectivity index (χ3n) is 4.15. The van der Waals surface area contributed by atoms with E-state index < -0.39 is 0 Å². The largest absolute Gasteiger partial charge is 0.276 e. The second-order valence-corrected chi connectivity index (χ2v) is 6.68. The molecule has 3 aromatic rings. The van der Waals surface area contributed by atoms with Gasteiger partial charge in [-0.05, 0) is 37.6 Å². The molecular weight excluding hydrogens is 334 g/mol. The average Bonchev–Trinajstić information content (AvgIpc) is 2.89. The van der Waals surface area contributed by atoms with Crippen LogP contribution in [0.25, 0.3) is 22.0 Å². The molecule has 0 radical (unpaired) electrons. The van der Waals surface area contributed by atoms with Gasteiger partial charge < -0.3 is 0 Å². The molecule has 124 valence electrons. The lowest BCUT2D eigenvalue weighted by atomic mass is 9.95. The van der Waals surface area contributed by atoms with E-state index in [1.54, 1.807) is 0 Å². The molecule has 0 atom stereocenters. The van der Waals surface area contributed by atoms with E-state index in [0.717, 1.165) is 33.4 Å². The van der Waals surface area contributed by atoms with Crippen LogP contribution in [0, 0.1) is 0 Å². The number of hydrazone groups is 1. The smallest absolute Gasteiger partial charge is 0.267 e. The van der Waals surface area contributed by atoms with Gasteiger partial charge in [0.2, 0.25) is 0 Å². The summed E-state index contributed by atoms with van der Waals surface area (Å²) in [6.07, 6.45) is 0. The van der Waals surface area contributed by atoms with Crippen molar-refractivity contribution in [1.82, 2.24) is 9.99 Å². The Morgan fingerprint density at radius 1 is 1.12 bits per heavy atom. The minimum Gasteiger partial charge on any atom is -0.267 e. The first-order chi connectivity index (χ1) is 12.0. The molecule has 2 heterocycles. The number of amides is 1. The molecule has 0 unspecified atom stereocenters. The Morgan fingerprint density at radius 3 is 2.60 bits per heavy atom. The van der Waals surface area contributed by atoms with Crippen LogP contribution in [0.5, 0.6) is 0 Å². The van der Waals surface area contributed by atoms with Crippen molar-refractivity contribution in [3.63, 3.8) is 0 Å². The number of aromatic nitrogens is 1. The molecule has 0 spiro atoms. The topological polar surface area (TPSA) is 45.6 Å². The highest BCUT2D eigenvalue weighted by atomic mass is 35.5. The maximum atomic E-state index is 13.0. The quantitative estimate of drug-likeness (QED) is 0.617. The maximum absolute atomic E-state index is 13.0. The molecule has 5 heteroatoms. The second kappa shape index (κ2) is 5.97. The van der Waals surface area contributed by atoms with Gasteiger partial charge in [0.1, 0.15) is 0 Å². The number of hydrogen-bond donors (Lipinski definition) is 0. The molecule has 25 heavy (non-hydrogen) atoms. The molecule has 2 aromatic carbocycles. The molecule has 0 saturated heterocycles. The number of pyridine rings is 1. The van der Waals surface area contributed by atoms with Crippen molar-refractivity contribution in [2.45, 2.75) is 20.4 Å². The molecular formula is C20H16ClN3O. The van der Waals surface area contributed by atoms with Crippen LogP contribution in [0.2, 0.25) is 5.02 Å². The van der Waals surface area contributed by atoms with Crippen LogP contribution >= 0.6 is 11.6 Å². The molecule has 0 N–H and O–H groups in total. The number of halogens is 1. The molecule has 0 bridgehead atoms. The summed E-state index contributed by atoms with van der Waals surface area (Å²) in [5, 5.41) is 7.34. The Morgan fingerprint density at radius 2 is 1.88 bits per heavy atom. The van der Waals surface area contributed by atoms with Gasteiger partial charge in [-0.15, -0.1) is 0 Å². The molecule has 1 aliphatic rings. The number of fused-ring (bicyclic) bond motifs is 2. The van der Waals surface area contributed by atoms with E-state index in [0.29, 0.717) is 17.1 Å². The molecule has 1 amide bonds. The number of rotatable bonds is 2. The Hall–Kier alpha value is -2.72. The molecule has 0 aliphatic carbocycles. The monoisotopic (exact) mass is 349 g/mol. The number of carbonyl (C=O) groups is 1. The third kappa shape index (κ3) is 2.68. The van der Waals surface area contributed by atoms with Gasteiger partial charge in [0, 0.05) is 21.7 Å².